The molecule has 0 bridgehead atoms. The number of thioether (sulfide) groups is 1. The lowest BCUT2D eigenvalue weighted by molar-refractivity contribution is 0.0954. The lowest BCUT2D eigenvalue weighted by Gasteiger charge is -2.07. The molecule has 0 saturated heterocycles. The monoisotopic (exact) mass is 384 g/mol. The number of benzene rings is 2. The number of halogens is 1. The van der Waals surface area contributed by atoms with Gasteiger partial charge < -0.3 is 5.32 Å². The van der Waals surface area contributed by atoms with Crippen LogP contribution in [-0.2, 0) is 0 Å². The number of hydrogen-bond donors (Lipinski definition) is 1. The number of nitrogens with one attached hydrogen (secondary N) is 1. The summed E-state index contributed by atoms with van der Waals surface area (Å²) < 4.78 is 0. The molecule has 3 rings (SSSR count). The van der Waals surface area contributed by atoms with Gasteiger partial charge in [0.05, 0.1) is 0 Å². The van der Waals surface area contributed by atoms with E-state index in [4.69, 9.17) is 0 Å². The molecule has 5 heteroatoms. The zero-order chi connectivity index (χ0) is 17.3. The molecule has 1 aromatic heterocycles. The summed E-state index contributed by atoms with van der Waals surface area (Å²) >= 11 is 1.78. The summed E-state index contributed by atoms with van der Waals surface area (Å²) in [7, 11) is 0. The van der Waals surface area contributed by atoms with Crippen molar-refractivity contribution in [3.63, 3.8) is 0 Å². The Labute approximate surface area is 164 Å². The van der Waals surface area contributed by atoms with Gasteiger partial charge in [-0.1, -0.05) is 42.5 Å². The number of nitrogens with zero attached hydrogens (tertiary/aromatic N) is 1. The highest BCUT2D eigenvalue weighted by atomic mass is 35.5. The number of hydrogen-bond acceptors (Lipinski definition) is 3. The first-order valence-electron chi connectivity index (χ1n) is 8.29. The highest BCUT2D eigenvalue weighted by Gasteiger charge is 2.05. The molecule has 0 fully saturated rings. The van der Waals surface area contributed by atoms with Crippen molar-refractivity contribution in [1.29, 1.82) is 0 Å². The fourth-order valence-corrected chi connectivity index (χ4v) is 3.28. The molecule has 1 heterocycles. The van der Waals surface area contributed by atoms with Crippen LogP contribution in [0.5, 0.6) is 0 Å². The molecule has 3 aromatic rings. The third-order valence-corrected chi connectivity index (χ3v) is 4.88. The van der Waals surface area contributed by atoms with E-state index in [9.17, 15) is 4.79 Å². The van der Waals surface area contributed by atoms with Crippen LogP contribution in [0.15, 0.2) is 84.0 Å². The maximum absolute atomic E-state index is 12.2. The lowest BCUT2D eigenvalue weighted by atomic mass is 10.0. The number of aromatic nitrogens is 1. The molecule has 0 atom stereocenters. The van der Waals surface area contributed by atoms with Gasteiger partial charge in [0.25, 0.3) is 5.91 Å². The summed E-state index contributed by atoms with van der Waals surface area (Å²) in [6, 6.07) is 21.9. The summed E-state index contributed by atoms with van der Waals surface area (Å²) in [5, 5.41) is 2.98. The minimum absolute atomic E-state index is 0. The standard InChI is InChI=1S/C21H20N2OS.ClH/c24-21(23-13-4-16-25-20-11-14-22-15-12-20)19-9-7-18(8-10-19)17-5-2-1-3-6-17;/h1-3,5-12,14-15H,4,13,16H2,(H,23,24);1H. The Balaban J connectivity index is 0.00000243. The molecule has 1 N–H and O–H groups in total. The van der Waals surface area contributed by atoms with Gasteiger partial charge in [0.1, 0.15) is 0 Å². The zero-order valence-corrected chi connectivity index (χ0v) is 15.9. The first-order chi connectivity index (χ1) is 12.3. The Morgan fingerprint density at radius 2 is 1.54 bits per heavy atom. The molecule has 0 aliphatic carbocycles. The van der Waals surface area contributed by atoms with Crippen molar-refractivity contribution in [2.75, 3.05) is 12.3 Å². The summed E-state index contributed by atoms with van der Waals surface area (Å²) in [6.07, 6.45) is 4.52. The highest BCUT2D eigenvalue weighted by molar-refractivity contribution is 7.99. The smallest absolute Gasteiger partial charge is 0.251 e. The van der Waals surface area contributed by atoms with Gasteiger partial charge in [-0.25, -0.2) is 0 Å². The molecule has 2 aromatic carbocycles. The normalized spacial score (nSPS) is 10.0. The SMILES string of the molecule is Cl.O=C(NCCCSc1ccncc1)c1ccc(-c2ccccc2)cc1. The summed E-state index contributed by atoms with van der Waals surface area (Å²) in [6.45, 7) is 0.678. The number of amides is 1. The molecule has 0 radical (unpaired) electrons. The van der Waals surface area contributed by atoms with E-state index in [-0.39, 0.29) is 18.3 Å². The van der Waals surface area contributed by atoms with Crippen LogP contribution in [0.2, 0.25) is 0 Å². The van der Waals surface area contributed by atoms with Gasteiger partial charge in [-0.2, -0.15) is 0 Å². The van der Waals surface area contributed by atoms with Crippen LogP contribution in [0.1, 0.15) is 16.8 Å². The quantitative estimate of drug-likeness (QED) is 0.456. The third kappa shape index (κ3) is 5.90. The van der Waals surface area contributed by atoms with E-state index in [1.807, 2.05) is 54.6 Å². The molecular formula is C21H21ClN2OS. The van der Waals surface area contributed by atoms with Crippen LogP contribution < -0.4 is 5.32 Å². The summed E-state index contributed by atoms with van der Waals surface area (Å²) in [5.74, 6) is 0.950. The second-order valence-corrected chi connectivity index (χ2v) is 6.75. The van der Waals surface area contributed by atoms with Crippen molar-refractivity contribution in [1.82, 2.24) is 10.3 Å². The maximum atomic E-state index is 12.2. The number of rotatable bonds is 7. The maximum Gasteiger partial charge on any atom is 0.251 e. The lowest BCUT2D eigenvalue weighted by Crippen LogP contribution is -2.24. The summed E-state index contributed by atoms with van der Waals surface area (Å²) in [4.78, 5) is 17.4. The van der Waals surface area contributed by atoms with Gasteiger partial charge in [0.15, 0.2) is 0 Å². The van der Waals surface area contributed by atoms with Gasteiger partial charge in [0.2, 0.25) is 0 Å². The van der Waals surface area contributed by atoms with Crippen LogP contribution in [0, 0.1) is 0 Å². The third-order valence-electron chi connectivity index (χ3n) is 3.78. The predicted molar refractivity (Wildman–Crippen MR) is 111 cm³/mol. The van der Waals surface area contributed by atoms with Crippen LogP contribution in [0.4, 0.5) is 0 Å². The molecule has 0 spiro atoms. The molecule has 26 heavy (non-hydrogen) atoms. The van der Waals surface area contributed by atoms with Crippen molar-refractivity contribution in [3.05, 3.63) is 84.7 Å². The largest absolute Gasteiger partial charge is 0.352 e. The van der Waals surface area contributed by atoms with Crippen LogP contribution in [0.25, 0.3) is 11.1 Å². The predicted octanol–water partition coefficient (Wildman–Crippen LogP) is 5.08. The highest BCUT2D eigenvalue weighted by Crippen LogP contribution is 2.19. The molecular weight excluding hydrogens is 364 g/mol. The van der Waals surface area contributed by atoms with E-state index in [1.54, 1.807) is 24.2 Å². The van der Waals surface area contributed by atoms with Gasteiger partial charge in [-0.05, 0) is 47.6 Å². The second kappa shape index (κ2) is 10.6. The van der Waals surface area contributed by atoms with E-state index in [2.05, 4.69) is 22.4 Å². The van der Waals surface area contributed by atoms with Crippen molar-refractivity contribution < 1.29 is 4.79 Å². The van der Waals surface area contributed by atoms with Gasteiger partial charge in [-0.15, -0.1) is 24.2 Å². The first kappa shape index (κ1) is 20.0. The topological polar surface area (TPSA) is 42.0 Å². The van der Waals surface area contributed by atoms with E-state index < -0.39 is 0 Å². The molecule has 1 amide bonds. The fraction of sp³-hybridized carbons (Fsp3) is 0.143. The first-order valence-corrected chi connectivity index (χ1v) is 9.28. The average Bonchev–Trinajstić information content (AvgIpc) is 2.69. The number of carbonyl (C=O) groups excluding carboxylic acids is 1. The molecule has 0 saturated carbocycles. The fourth-order valence-electron chi connectivity index (χ4n) is 2.45. The Hall–Kier alpha value is -2.30. The van der Waals surface area contributed by atoms with Crippen LogP contribution in [-0.4, -0.2) is 23.2 Å². The number of pyridine rings is 1. The van der Waals surface area contributed by atoms with E-state index in [0.29, 0.717) is 12.1 Å². The Kier molecular flexibility index (Phi) is 8.19. The molecule has 0 aliphatic rings. The summed E-state index contributed by atoms with van der Waals surface area (Å²) in [5.41, 5.74) is 2.97. The van der Waals surface area contributed by atoms with E-state index in [1.165, 1.54) is 4.90 Å². The molecule has 134 valence electrons. The molecule has 0 unspecified atom stereocenters. The van der Waals surface area contributed by atoms with Crippen molar-refractivity contribution in [3.8, 4) is 11.1 Å². The second-order valence-electron chi connectivity index (χ2n) is 5.58. The van der Waals surface area contributed by atoms with Crippen molar-refractivity contribution >= 4 is 30.1 Å². The number of carbonyl (C=O) groups is 1. The van der Waals surface area contributed by atoms with Crippen molar-refractivity contribution in [2.24, 2.45) is 0 Å². The van der Waals surface area contributed by atoms with E-state index >= 15 is 0 Å². The Morgan fingerprint density at radius 3 is 2.23 bits per heavy atom. The minimum atomic E-state index is -0.0199. The molecule has 0 aliphatic heterocycles. The Bertz CT molecular complexity index is 795. The van der Waals surface area contributed by atoms with Gasteiger partial charge >= 0.3 is 0 Å². The molecule has 3 nitrogen and oxygen atoms in total. The van der Waals surface area contributed by atoms with Crippen LogP contribution >= 0.6 is 24.2 Å². The Morgan fingerprint density at radius 1 is 0.885 bits per heavy atom. The van der Waals surface area contributed by atoms with E-state index in [0.717, 1.165) is 23.3 Å². The van der Waals surface area contributed by atoms with Gasteiger partial charge in [-0.3, -0.25) is 9.78 Å². The van der Waals surface area contributed by atoms with Crippen LogP contribution in [0.3, 0.4) is 0 Å². The van der Waals surface area contributed by atoms with Gasteiger partial charge in [0, 0.05) is 29.4 Å². The van der Waals surface area contributed by atoms with Crippen molar-refractivity contribution in [2.45, 2.75) is 11.3 Å². The zero-order valence-electron chi connectivity index (χ0n) is 14.3. The average molecular weight is 385 g/mol. The minimum Gasteiger partial charge on any atom is -0.352 e.